The number of nitrogens with zero attached hydrogens (tertiary/aromatic N) is 1. The molecule has 5 aromatic rings. The Balaban J connectivity index is 1.77. The molecule has 0 saturated carbocycles. The van der Waals surface area contributed by atoms with Crippen molar-refractivity contribution in [2.75, 3.05) is 0 Å². The highest BCUT2D eigenvalue weighted by Gasteiger charge is 2.46. The maximum Gasteiger partial charge on any atom is 0.394 e. The summed E-state index contributed by atoms with van der Waals surface area (Å²) >= 11 is 0. The molecule has 0 radical (unpaired) electrons. The first-order chi connectivity index (χ1) is 19.7. The standard InChI is InChI=1S/C30H26F3NO/c1-18-14-20(16-29(3,4)30(31,32)33)12-13-21(18)25-15-26(34-17-19(25)2)24-10-7-9-23-22-8-5-6-11-27(22)35-28(23)24/h5-15,17H,16H2,1-4H3/i1D3,2D3,16D2. The lowest BCUT2D eigenvalue weighted by molar-refractivity contribution is -0.211. The summed E-state index contributed by atoms with van der Waals surface area (Å²) in [6.07, 6.45) is -6.83. The summed E-state index contributed by atoms with van der Waals surface area (Å²) < 4.78 is 113. The van der Waals surface area contributed by atoms with E-state index >= 15 is 0 Å². The molecule has 0 unspecified atom stereocenters. The van der Waals surface area contributed by atoms with Crippen LogP contribution in [0.15, 0.2) is 77.3 Å². The predicted molar refractivity (Wildman–Crippen MR) is 135 cm³/mol. The molecule has 2 aromatic heterocycles. The van der Waals surface area contributed by atoms with Gasteiger partial charge in [0.2, 0.25) is 0 Å². The van der Waals surface area contributed by atoms with E-state index in [0.29, 0.717) is 30.6 Å². The van der Waals surface area contributed by atoms with Crippen LogP contribution in [0.2, 0.25) is 0 Å². The van der Waals surface area contributed by atoms with Crippen LogP contribution in [0.5, 0.6) is 0 Å². The fourth-order valence-corrected chi connectivity index (χ4v) is 4.06. The van der Waals surface area contributed by atoms with Crippen LogP contribution in [0.25, 0.3) is 44.3 Å². The Morgan fingerprint density at radius 1 is 0.857 bits per heavy atom. The fourth-order valence-electron chi connectivity index (χ4n) is 4.06. The van der Waals surface area contributed by atoms with Gasteiger partial charge in [0.25, 0.3) is 0 Å². The second-order valence-corrected chi connectivity index (χ2v) is 8.90. The van der Waals surface area contributed by atoms with Crippen LogP contribution in [-0.4, -0.2) is 11.2 Å². The van der Waals surface area contributed by atoms with E-state index in [1.54, 1.807) is 18.2 Å². The number of para-hydroxylation sites is 2. The number of hydrogen-bond acceptors (Lipinski definition) is 2. The van der Waals surface area contributed by atoms with Gasteiger partial charge in [-0.25, -0.2) is 0 Å². The van der Waals surface area contributed by atoms with Crippen LogP contribution in [0.1, 0.15) is 41.5 Å². The third-order valence-electron chi connectivity index (χ3n) is 6.06. The Morgan fingerprint density at radius 2 is 1.63 bits per heavy atom. The fraction of sp³-hybridized carbons (Fsp3) is 0.233. The predicted octanol–water partition coefficient (Wildman–Crippen LogP) is 9.06. The lowest BCUT2D eigenvalue weighted by atomic mass is 9.84. The first kappa shape index (κ1) is 15.4. The molecule has 0 aliphatic rings. The summed E-state index contributed by atoms with van der Waals surface area (Å²) in [6.45, 7) is -4.26. The molecular formula is C30H26F3NO. The van der Waals surface area contributed by atoms with Gasteiger partial charge in [0.15, 0.2) is 0 Å². The van der Waals surface area contributed by atoms with Gasteiger partial charge in [0.05, 0.1) is 11.1 Å². The normalized spacial score (nSPS) is 17.1. The second kappa shape index (κ2) is 8.26. The van der Waals surface area contributed by atoms with Gasteiger partial charge in [-0.15, -0.1) is 0 Å². The van der Waals surface area contributed by atoms with Crippen molar-refractivity contribution < 1.29 is 28.6 Å². The SMILES string of the molecule is [2H]C([2H])([2H])c1cnc(-c2cccc3c2oc2ccccc23)cc1-c1ccc(C([2H])([2H])C(C)(C)C(F)(F)F)cc1C([2H])([2H])[2H]. The Bertz CT molecular complexity index is 1850. The van der Waals surface area contributed by atoms with Crippen LogP contribution >= 0.6 is 0 Å². The van der Waals surface area contributed by atoms with E-state index in [4.69, 9.17) is 15.4 Å². The number of halogens is 3. The number of fused-ring (bicyclic) bond motifs is 3. The Kier molecular flexibility index (Phi) is 3.64. The minimum atomic E-state index is -4.94. The number of rotatable bonds is 4. The van der Waals surface area contributed by atoms with Crippen LogP contribution in [0.4, 0.5) is 13.2 Å². The smallest absolute Gasteiger partial charge is 0.394 e. The lowest BCUT2D eigenvalue weighted by Crippen LogP contribution is -2.34. The highest BCUT2D eigenvalue weighted by molar-refractivity contribution is 6.09. The average molecular weight is 482 g/mol. The van der Waals surface area contributed by atoms with Crippen molar-refractivity contribution >= 4 is 21.9 Å². The van der Waals surface area contributed by atoms with Gasteiger partial charge in [0.1, 0.15) is 11.2 Å². The van der Waals surface area contributed by atoms with Gasteiger partial charge in [0, 0.05) is 33.5 Å². The van der Waals surface area contributed by atoms with Gasteiger partial charge in [-0.3, -0.25) is 4.98 Å². The number of furan rings is 1. The molecule has 0 bridgehead atoms. The quantitative estimate of drug-likeness (QED) is 0.256. The van der Waals surface area contributed by atoms with Crippen LogP contribution < -0.4 is 0 Å². The van der Waals surface area contributed by atoms with E-state index in [2.05, 4.69) is 4.98 Å². The molecule has 0 spiro atoms. The van der Waals surface area contributed by atoms with Gasteiger partial charge in [-0.05, 0) is 66.1 Å². The molecule has 0 amide bonds. The van der Waals surface area contributed by atoms with E-state index in [-0.39, 0.29) is 22.4 Å². The molecule has 0 saturated heterocycles. The summed E-state index contributed by atoms with van der Waals surface area (Å²) in [5.74, 6) is 0. The van der Waals surface area contributed by atoms with Gasteiger partial charge in [-0.2, -0.15) is 13.2 Å². The molecule has 2 heterocycles. The second-order valence-electron chi connectivity index (χ2n) is 8.90. The molecule has 3 aromatic carbocycles. The minimum Gasteiger partial charge on any atom is -0.455 e. The van der Waals surface area contributed by atoms with Crippen molar-refractivity contribution in [1.82, 2.24) is 4.98 Å². The topological polar surface area (TPSA) is 26.0 Å². The first-order valence-corrected chi connectivity index (χ1v) is 10.9. The molecule has 0 aliphatic heterocycles. The zero-order chi connectivity index (χ0) is 31.8. The highest BCUT2D eigenvalue weighted by Crippen LogP contribution is 2.41. The van der Waals surface area contributed by atoms with Crippen LogP contribution in [0.3, 0.4) is 0 Å². The molecule has 178 valence electrons. The molecule has 0 fully saturated rings. The van der Waals surface area contributed by atoms with Gasteiger partial charge >= 0.3 is 6.18 Å². The summed E-state index contributed by atoms with van der Waals surface area (Å²) in [4.78, 5) is 4.38. The van der Waals surface area contributed by atoms with Crippen LogP contribution in [0, 0.1) is 19.1 Å². The number of aromatic nitrogens is 1. The van der Waals surface area contributed by atoms with E-state index in [9.17, 15) is 13.2 Å². The molecule has 5 heteroatoms. The van der Waals surface area contributed by atoms with Crippen molar-refractivity contribution in [3.8, 4) is 22.4 Å². The Morgan fingerprint density at radius 3 is 2.40 bits per heavy atom. The Hall–Kier alpha value is -3.60. The summed E-state index contributed by atoms with van der Waals surface area (Å²) in [7, 11) is 0. The molecule has 2 nitrogen and oxygen atoms in total. The first-order valence-electron chi connectivity index (χ1n) is 14.9. The Labute approximate surface area is 213 Å². The van der Waals surface area contributed by atoms with E-state index in [1.165, 1.54) is 6.07 Å². The molecule has 5 rings (SSSR count). The number of benzene rings is 3. The molecule has 35 heavy (non-hydrogen) atoms. The molecule has 0 atom stereocenters. The summed E-state index contributed by atoms with van der Waals surface area (Å²) in [6, 6.07) is 17.3. The maximum atomic E-state index is 13.8. The highest BCUT2D eigenvalue weighted by atomic mass is 19.4. The number of aryl methyl sites for hydroxylation is 2. The third kappa shape index (κ3) is 4.09. The number of alkyl halides is 3. The molecule has 0 N–H and O–H groups in total. The molecular weight excluding hydrogens is 447 g/mol. The molecule has 0 aliphatic carbocycles. The zero-order valence-electron chi connectivity index (χ0n) is 26.9. The van der Waals surface area contributed by atoms with Crippen LogP contribution in [-0.2, 0) is 6.37 Å². The van der Waals surface area contributed by atoms with Crippen molar-refractivity contribution in [3.05, 3.63) is 89.6 Å². The van der Waals surface area contributed by atoms with E-state index in [0.717, 1.165) is 35.2 Å². The minimum absolute atomic E-state index is 0.0218. The van der Waals surface area contributed by atoms with Crippen molar-refractivity contribution in [2.45, 2.75) is 40.1 Å². The lowest BCUT2D eigenvalue weighted by Gasteiger charge is -2.28. The zero-order valence-corrected chi connectivity index (χ0v) is 18.9. The van der Waals surface area contributed by atoms with Gasteiger partial charge < -0.3 is 4.42 Å². The van der Waals surface area contributed by atoms with E-state index < -0.39 is 42.8 Å². The third-order valence-corrected chi connectivity index (χ3v) is 6.06. The van der Waals surface area contributed by atoms with Crippen molar-refractivity contribution in [2.24, 2.45) is 5.41 Å². The van der Waals surface area contributed by atoms with Gasteiger partial charge in [-0.1, -0.05) is 62.4 Å². The summed E-state index contributed by atoms with van der Waals surface area (Å²) in [5.41, 5.74) is -2.33. The van der Waals surface area contributed by atoms with Crippen molar-refractivity contribution in [3.63, 3.8) is 0 Å². The van der Waals surface area contributed by atoms with Crippen molar-refractivity contribution in [1.29, 1.82) is 0 Å². The summed E-state index contributed by atoms with van der Waals surface area (Å²) in [5, 5.41) is 1.65. The number of pyridine rings is 1. The van der Waals surface area contributed by atoms with E-state index in [1.807, 2.05) is 24.3 Å². The number of hydrogen-bond donors (Lipinski definition) is 0. The monoisotopic (exact) mass is 481 g/mol. The largest absolute Gasteiger partial charge is 0.455 e. The maximum absolute atomic E-state index is 13.8. The average Bonchev–Trinajstić information content (AvgIpc) is 3.29.